The van der Waals surface area contributed by atoms with Crippen molar-refractivity contribution in [2.24, 2.45) is 0 Å². The molecular weight excluding hydrogens is 186 g/mol. The minimum absolute atomic E-state index is 0.937. The Bertz CT molecular complexity index is 435. The minimum atomic E-state index is 0.937. The van der Waals surface area contributed by atoms with E-state index in [1.54, 1.807) is 0 Å². The van der Waals surface area contributed by atoms with E-state index < -0.39 is 0 Å². The van der Waals surface area contributed by atoms with Crippen LogP contribution in [0.15, 0.2) is 36.5 Å². The molecule has 2 N–H and O–H groups in total. The Morgan fingerprint density at radius 2 is 2.00 bits per heavy atom. The molecule has 1 aliphatic heterocycles. The van der Waals surface area contributed by atoms with E-state index in [1.807, 2.05) is 6.07 Å². The van der Waals surface area contributed by atoms with Crippen LogP contribution in [-0.2, 0) is 13.1 Å². The molecule has 0 bridgehead atoms. The van der Waals surface area contributed by atoms with Crippen LogP contribution >= 0.6 is 0 Å². The molecule has 0 fully saturated rings. The Morgan fingerprint density at radius 3 is 2.80 bits per heavy atom. The molecule has 1 aromatic carbocycles. The van der Waals surface area contributed by atoms with Crippen molar-refractivity contribution in [3.8, 4) is 11.3 Å². The second-order valence-corrected chi connectivity index (χ2v) is 3.85. The zero-order chi connectivity index (χ0) is 10.1. The van der Waals surface area contributed by atoms with Crippen LogP contribution in [0.3, 0.4) is 0 Å². The lowest BCUT2D eigenvalue weighted by atomic mass is 10.2. The Hall–Kier alpha value is -1.61. The maximum Gasteiger partial charge on any atom is 0.268 e. The van der Waals surface area contributed by atoms with Crippen molar-refractivity contribution >= 4 is 0 Å². The summed E-state index contributed by atoms with van der Waals surface area (Å²) in [5, 5.41) is 3.35. The van der Waals surface area contributed by atoms with E-state index in [4.69, 9.17) is 0 Å². The predicted molar refractivity (Wildman–Crippen MR) is 58.1 cm³/mol. The molecule has 0 saturated carbocycles. The van der Waals surface area contributed by atoms with Gasteiger partial charge >= 0.3 is 0 Å². The van der Waals surface area contributed by atoms with E-state index in [-0.39, 0.29) is 0 Å². The van der Waals surface area contributed by atoms with Crippen LogP contribution in [0, 0.1) is 0 Å². The second-order valence-electron chi connectivity index (χ2n) is 3.85. The molecule has 3 nitrogen and oxygen atoms in total. The number of aromatic amines is 1. The maximum atomic E-state index is 3.45. The number of H-pyrrole nitrogens is 1. The number of aromatic nitrogens is 2. The molecule has 2 heterocycles. The summed E-state index contributed by atoms with van der Waals surface area (Å²) < 4.78 is 2.29. The second kappa shape index (κ2) is 3.51. The number of fused-ring (bicyclic) bond motifs is 1. The third kappa shape index (κ3) is 1.55. The van der Waals surface area contributed by atoms with E-state index in [1.165, 1.54) is 17.1 Å². The molecule has 1 aromatic heterocycles. The van der Waals surface area contributed by atoms with Crippen molar-refractivity contribution in [3.63, 3.8) is 0 Å². The summed E-state index contributed by atoms with van der Waals surface area (Å²) >= 11 is 0. The van der Waals surface area contributed by atoms with Gasteiger partial charge in [0, 0.05) is 12.1 Å². The van der Waals surface area contributed by atoms with Crippen molar-refractivity contribution in [3.05, 3.63) is 42.4 Å². The van der Waals surface area contributed by atoms with Crippen molar-refractivity contribution in [2.45, 2.75) is 13.1 Å². The average molecular weight is 200 g/mol. The van der Waals surface area contributed by atoms with Crippen LogP contribution in [0.1, 0.15) is 5.82 Å². The zero-order valence-corrected chi connectivity index (χ0v) is 8.53. The van der Waals surface area contributed by atoms with Crippen molar-refractivity contribution < 1.29 is 4.57 Å². The molecule has 0 radical (unpaired) electrons. The molecule has 76 valence electrons. The van der Waals surface area contributed by atoms with Gasteiger partial charge in [-0.1, -0.05) is 30.3 Å². The highest BCUT2D eigenvalue weighted by Crippen LogP contribution is 2.15. The van der Waals surface area contributed by atoms with Crippen molar-refractivity contribution in [2.75, 3.05) is 6.54 Å². The number of hydrogen-bond acceptors (Lipinski definition) is 1. The van der Waals surface area contributed by atoms with Crippen LogP contribution < -0.4 is 9.88 Å². The monoisotopic (exact) mass is 200 g/mol. The molecule has 0 saturated heterocycles. The van der Waals surface area contributed by atoms with Gasteiger partial charge in [0.05, 0.1) is 6.54 Å². The van der Waals surface area contributed by atoms with Gasteiger partial charge in [0.1, 0.15) is 12.7 Å². The fourth-order valence-corrected chi connectivity index (χ4v) is 2.01. The molecule has 1 aliphatic rings. The first-order chi connectivity index (χ1) is 7.43. The number of hydrogen-bond donors (Lipinski definition) is 2. The summed E-state index contributed by atoms with van der Waals surface area (Å²) in [7, 11) is 0. The molecule has 0 unspecified atom stereocenters. The topological polar surface area (TPSA) is 31.7 Å². The van der Waals surface area contributed by atoms with Crippen LogP contribution in [0.4, 0.5) is 0 Å². The Labute approximate surface area is 88.8 Å². The number of benzene rings is 1. The quantitative estimate of drug-likeness (QED) is 0.663. The first-order valence-corrected chi connectivity index (χ1v) is 5.31. The molecule has 3 heteroatoms. The van der Waals surface area contributed by atoms with Gasteiger partial charge in [0.25, 0.3) is 5.82 Å². The molecule has 15 heavy (non-hydrogen) atoms. The highest BCUT2D eigenvalue weighted by molar-refractivity contribution is 5.57. The number of nitrogens with zero attached hydrogens (tertiary/aromatic N) is 1. The largest absolute Gasteiger partial charge is 0.302 e. The normalized spacial score (nSPS) is 14.9. The summed E-state index contributed by atoms with van der Waals surface area (Å²) in [6, 6.07) is 10.4. The van der Waals surface area contributed by atoms with E-state index in [0.717, 1.165) is 19.6 Å². The third-order valence-corrected chi connectivity index (χ3v) is 2.82. The smallest absolute Gasteiger partial charge is 0.268 e. The van der Waals surface area contributed by atoms with Gasteiger partial charge in [-0.05, 0) is 0 Å². The summed E-state index contributed by atoms with van der Waals surface area (Å²) in [6.07, 6.45) is 2.20. The maximum absolute atomic E-state index is 3.45. The molecule has 0 amide bonds. The lowest BCUT2D eigenvalue weighted by Crippen LogP contribution is -2.47. The third-order valence-electron chi connectivity index (χ3n) is 2.82. The molecular formula is C12H14N3+. The summed E-state index contributed by atoms with van der Waals surface area (Å²) in [5.41, 5.74) is 2.45. The van der Waals surface area contributed by atoms with E-state index in [0.29, 0.717) is 0 Å². The Balaban J connectivity index is 2.03. The predicted octanol–water partition coefficient (Wildman–Crippen LogP) is 1.07. The Kier molecular flexibility index (Phi) is 2.03. The van der Waals surface area contributed by atoms with E-state index >= 15 is 0 Å². The fourth-order valence-electron chi connectivity index (χ4n) is 2.01. The average Bonchev–Trinajstić information content (AvgIpc) is 2.74. The van der Waals surface area contributed by atoms with Crippen molar-refractivity contribution in [1.29, 1.82) is 0 Å². The summed E-state index contributed by atoms with van der Waals surface area (Å²) in [4.78, 5) is 3.45. The lowest BCUT2D eigenvalue weighted by molar-refractivity contribution is -0.706. The van der Waals surface area contributed by atoms with Gasteiger partial charge in [-0.15, -0.1) is 0 Å². The highest BCUT2D eigenvalue weighted by atomic mass is 15.1. The van der Waals surface area contributed by atoms with Crippen LogP contribution in [-0.4, -0.2) is 11.5 Å². The molecule has 2 aromatic rings. The van der Waals surface area contributed by atoms with Gasteiger partial charge in [-0.3, -0.25) is 0 Å². The minimum Gasteiger partial charge on any atom is -0.302 e. The van der Waals surface area contributed by atoms with Gasteiger partial charge in [0.2, 0.25) is 0 Å². The first kappa shape index (κ1) is 8.68. The summed E-state index contributed by atoms with van der Waals surface area (Å²) in [6.45, 7) is 3.05. The number of rotatable bonds is 1. The van der Waals surface area contributed by atoms with E-state index in [2.05, 4.69) is 45.3 Å². The van der Waals surface area contributed by atoms with Gasteiger partial charge in [0.15, 0.2) is 5.69 Å². The molecule has 0 atom stereocenters. The van der Waals surface area contributed by atoms with Crippen LogP contribution in [0.5, 0.6) is 0 Å². The number of nitrogens with one attached hydrogen (secondary N) is 2. The zero-order valence-electron chi connectivity index (χ0n) is 8.53. The van der Waals surface area contributed by atoms with Gasteiger partial charge in [-0.2, -0.15) is 0 Å². The van der Waals surface area contributed by atoms with Gasteiger partial charge < -0.3 is 5.32 Å². The first-order valence-electron chi connectivity index (χ1n) is 5.31. The van der Waals surface area contributed by atoms with Crippen molar-refractivity contribution in [1.82, 2.24) is 10.3 Å². The highest BCUT2D eigenvalue weighted by Gasteiger charge is 2.19. The standard InChI is InChI=1S/C12H13N3/c1-2-4-10(5-3-1)11-9-15-7-6-13-8-12(15)14-11/h1-5,9,13H,6-8H2/p+1. The summed E-state index contributed by atoms with van der Waals surface area (Å²) in [5.74, 6) is 1.26. The molecule has 0 spiro atoms. The van der Waals surface area contributed by atoms with Crippen LogP contribution in [0.25, 0.3) is 11.3 Å². The number of imidazole rings is 1. The molecule has 3 rings (SSSR count). The van der Waals surface area contributed by atoms with Gasteiger partial charge in [-0.25, -0.2) is 9.55 Å². The Morgan fingerprint density at radius 1 is 1.13 bits per heavy atom. The van der Waals surface area contributed by atoms with Crippen LogP contribution in [0.2, 0.25) is 0 Å². The fraction of sp³-hybridized carbons (Fsp3) is 0.250. The van der Waals surface area contributed by atoms with E-state index in [9.17, 15) is 0 Å². The molecule has 0 aliphatic carbocycles. The SMILES string of the molecule is c1ccc(-c2c[n+]3c([nH]2)CNCC3)cc1. The lowest BCUT2D eigenvalue weighted by Gasteiger charge is -2.07.